The number of nitrogens with one attached hydrogen (secondary N) is 1. The fourth-order valence-corrected chi connectivity index (χ4v) is 3.19. The molecule has 4 heterocycles. The van der Waals surface area contributed by atoms with E-state index in [0.29, 0.717) is 21.7 Å². The highest BCUT2D eigenvalue weighted by Crippen LogP contribution is 2.31. The SMILES string of the molecule is O=c1[nH]c(-c2ccccn2)nc2c(-c3cccnc3)csc12. The number of aromatic nitrogens is 4. The monoisotopic (exact) mass is 306 g/mol. The van der Waals surface area contributed by atoms with Crippen molar-refractivity contribution in [3.05, 3.63) is 64.7 Å². The number of fused-ring (bicyclic) bond motifs is 1. The maximum atomic E-state index is 12.3. The molecule has 0 saturated heterocycles. The molecular weight excluding hydrogens is 296 g/mol. The molecule has 0 aliphatic rings. The van der Waals surface area contributed by atoms with Gasteiger partial charge in [0.25, 0.3) is 5.56 Å². The quantitative estimate of drug-likeness (QED) is 0.617. The van der Waals surface area contributed by atoms with Gasteiger partial charge in [-0.2, -0.15) is 0 Å². The van der Waals surface area contributed by atoms with Crippen molar-refractivity contribution in [1.29, 1.82) is 0 Å². The largest absolute Gasteiger partial charge is 0.304 e. The van der Waals surface area contributed by atoms with Crippen molar-refractivity contribution >= 4 is 21.6 Å². The van der Waals surface area contributed by atoms with Crippen molar-refractivity contribution < 1.29 is 0 Å². The van der Waals surface area contributed by atoms with Gasteiger partial charge in [0.15, 0.2) is 5.82 Å². The van der Waals surface area contributed by atoms with E-state index in [2.05, 4.69) is 19.9 Å². The van der Waals surface area contributed by atoms with Crippen LogP contribution in [0.4, 0.5) is 0 Å². The molecule has 1 N–H and O–H groups in total. The third-order valence-corrected chi connectivity index (χ3v) is 4.27. The van der Waals surface area contributed by atoms with Crippen LogP contribution in [0.15, 0.2) is 59.1 Å². The Balaban J connectivity index is 1.99. The van der Waals surface area contributed by atoms with E-state index in [1.165, 1.54) is 11.3 Å². The molecule has 0 aliphatic heterocycles. The minimum atomic E-state index is -0.147. The zero-order valence-electron chi connectivity index (χ0n) is 11.4. The molecule has 106 valence electrons. The Hall–Kier alpha value is -2.86. The van der Waals surface area contributed by atoms with E-state index < -0.39 is 0 Å². The van der Waals surface area contributed by atoms with Crippen LogP contribution in [0.5, 0.6) is 0 Å². The van der Waals surface area contributed by atoms with Gasteiger partial charge in [0.05, 0.1) is 5.52 Å². The minimum absolute atomic E-state index is 0.147. The van der Waals surface area contributed by atoms with Gasteiger partial charge in [-0.3, -0.25) is 14.8 Å². The molecule has 4 rings (SSSR count). The zero-order chi connectivity index (χ0) is 14.9. The number of pyridine rings is 2. The number of nitrogens with zero attached hydrogens (tertiary/aromatic N) is 3. The van der Waals surface area contributed by atoms with E-state index in [4.69, 9.17) is 0 Å². The fraction of sp³-hybridized carbons (Fsp3) is 0. The number of H-pyrrole nitrogens is 1. The normalized spacial score (nSPS) is 10.9. The predicted molar refractivity (Wildman–Crippen MR) is 86.7 cm³/mol. The number of thiophene rings is 1. The van der Waals surface area contributed by atoms with Crippen molar-refractivity contribution in [2.45, 2.75) is 0 Å². The van der Waals surface area contributed by atoms with Crippen LogP contribution >= 0.6 is 11.3 Å². The van der Waals surface area contributed by atoms with Gasteiger partial charge in [-0.15, -0.1) is 11.3 Å². The summed E-state index contributed by atoms with van der Waals surface area (Å²) in [5, 5.41) is 1.94. The predicted octanol–water partition coefficient (Wildman–Crippen LogP) is 3.11. The van der Waals surface area contributed by atoms with Crippen LogP contribution in [-0.2, 0) is 0 Å². The Bertz CT molecular complexity index is 993. The molecule has 22 heavy (non-hydrogen) atoms. The van der Waals surface area contributed by atoms with Crippen molar-refractivity contribution in [2.24, 2.45) is 0 Å². The maximum Gasteiger partial charge on any atom is 0.269 e. The summed E-state index contributed by atoms with van der Waals surface area (Å²) >= 11 is 1.38. The van der Waals surface area contributed by atoms with E-state index >= 15 is 0 Å². The second kappa shape index (κ2) is 5.16. The van der Waals surface area contributed by atoms with Crippen LogP contribution in [0.25, 0.3) is 32.9 Å². The van der Waals surface area contributed by atoms with E-state index in [0.717, 1.165) is 11.1 Å². The van der Waals surface area contributed by atoms with Gasteiger partial charge in [-0.05, 0) is 18.2 Å². The van der Waals surface area contributed by atoms with Crippen LogP contribution in [0.3, 0.4) is 0 Å². The Morgan fingerprint density at radius 1 is 1.09 bits per heavy atom. The molecule has 6 heteroatoms. The average Bonchev–Trinajstić information content (AvgIpc) is 3.01. The molecule has 0 aliphatic carbocycles. The smallest absolute Gasteiger partial charge is 0.269 e. The third-order valence-electron chi connectivity index (χ3n) is 3.31. The summed E-state index contributed by atoms with van der Waals surface area (Å²) in [4.78, 5) is 28.1. The Morgan fingerprint density at radius 2 is 2.05 bits per heavy atom. The number of hydrogen-bond donors (Lipinski definition) is 1. The summed E-state index contributed by atoms with van der Waals surface area (Å²) in [6, 6.07) is 9.33. The molecule has 4 aromatic heterocycles. The number of rotatable bonds is 2. The number of hydrogen-bond acceptors (Lipinski definition) is 5. The van der Waals surface area contributed by atoms with E-state index in [9.17, 15) is 4.79 Å². The summed E-state index contributed by atoms with van der Waals surface area (Å²) in [7, 11) is 0. The van der Waals surface area contributed by atoms with Gasteiger partial charge in [0.2, 0.25) is 0 Å². The zero-order valence-corrected chi connectivity index (χ0v) is 12.2. The standard InChI is InChI=1S/C16H10N4OS/c21-16-14-13(11(9-22-14)10-4-3-6-17-8-10)19-15(20-16)12-5-1-2-7-18-12/h1-9H,(H,19,20,21). The van der Waals surface area contributed by atoms with E-state index in [-0.39, 0.29) is 5.56 Å². The van der Waals surface area contributed by atoms with E-state index in [1.807, 2.05) is 35.7 Å². The lowest BCUT2D eigenvalue weighted by Gasteiger charge is -2.02. The van der Waals surface area contributed by atoms with Gasteiger partial charge in [-0.1, -0.05) is 12.1 Å². The van der Waals surface area contributed by atoms with Gasteiger partial charge < -0.3 is 4.98 Å². The van der Waals surface area contributed by atoms with Crippen LogP contribution in [0.2, 0.25) is 0 Å². The summed E-state index contributed by atoms with van der Waals surface area (Å²) in [5.41, 5.74) is 3.04. The number of aromatic amines is 1. The molecule has 0 aromatic carbocycles. The summed E-state index contributed by atoms with van der Waals surface area (Å²) < 4.78 is 0.610. The molecule has 0 bridgehead atoms. The van der Waals surface area contributed by atoms with Crippen molar-refractivity contribution in [3.63, 3.8) is 0 Å². The van der Waals surface area contributed by atoms with Crippen molar-refractivity contribution in [1.82, 2.24) is 19.9 Å². The minimum Gasteiger partial charge on any atom is -0.304 e. The molecule has 0 amide bonds. The van der Waals surface area contributed by atoms with Crippen LogP contribution in [0, 0.1) is 0 Å². The first-order valence-corrected chi connectivity index (χ1v) is 7.54. The fourth-order valence-electron chi connectivity index (χ4n) is 2.28. The summed E-state index contributed by atoms with van der Waals surface area (Å²) in [6.07, 6.45) is 5.16. The molecule has 0 fully saturated rings. The molecule has 0 atom stereocenters. The van der Waals surface area contributed by atoms with Crippen LogP contribution in [0.1, 0.15) is 0 Å². The lowest BCUT2D eigenvalue weighted by molar-refractivity contribution is 1.15. The molecule has 0 radical (unpaired) electrons. The topological polar surface area (TPSA) is 71.5 Å². The summed E-state index contributed by atoms with van der Waals surface area (Å²) in [6.45, 7) is 0. The highest BCUT2D eigenvalue weighted by Gasteiger charge is 2.13. The average molecular weight is 306 g/mol. The van der Waals surface area contributed by atoms with Crippen LogP contribution in [-0.4, -0.2) is 19.9 Å². The highest BCUT2D eigenvalue weighted by atomic mass is 32.1. The summed E-state index contributed by atoms with van der Waals surface area (Å²) in [5.74, 6) is 0.474. The third kappa shape index (κ3) is 2.10. The highest BCUT2D eigenvalue weighted by molar-refractivity contribution is 7.17. The van der Waals surface area contributed by atoms with Crippen molar-refractivity contribution in [2.75, 3.05) is 0 Å². The second-order valence-electron chi connectivity index (χ2n) is 4.70. The molecule has 5 nitrogen and oxygen atoms in total. The Labute approximate surface area is 129 Å². The van der Waals surface area contributed by atoms with Gasteiger partial charge >= 0.3 is 0 Å². The Kier molecular flexibility index (Phi) is 3.01. The molecule has 4 aromatic rings. The molecule has 0 spiro atoms. The van der Waals surface area contributed by atoms with Gasteiger partial charge in [0.1, 0.15) is 10.4 Å². The van der Waals surface area contributed by atoms with Crippen molar-refractivity contribution in [3.8, 4) is 22.6 Å². The second-order valence-corrected chi connectivity index (χ2v) is 5.58. The molecule has 0 saturated carbocycles. The van der Waals surface area contributed by atoms with Gasteiger partial charge in [0, 0.05) is 35.1 Å². The van der Waals surface area contributed by atoms with E-state index in [1.54, 1.807) is 18.6 Å². The van der Waals surface area contributed by atoms with Crippen LogP contribution < -0.4 is 5.56 Å². The Morgan fingerprint density at radius 3 is 2.82 bits per heavy atom. The molecule has 0 unspecified atom stereocenters. The first-order valence-electron chi connectivity index (χ1n) is 6.66. The maximum absolute atomic E-state index is 12.3. The lowest BCUT2D eigenvalue weighted by atomic mass is 10.1. The lowest BCUT2D eigenvalue weighted by Crippen LogP contribution is -2.08. The van der Waals surface area contributed by atoms with Gasteiger partial charge in [-0.25, -0.2) is 4.98 Å². The first-order chi connectivity index (χ1) is 10.8. The first kappa shape index (κ1) is 12.8. The molecular formula is C16H10N4OS.